The van der Waals surface area contributed by atoms with E-state index in [4.69, 9.17) is 5.11 Å². The van der Waals surface area contributed by atoms with Crippen molar-refractivity contribution in [3.8, 4) is 0 Å². The van der Waals surface area contributed by atoms with Crippen LogP contribution in [0.1, 0.15) is 59.7 Å². The maximum absolute atomic E-state index is 12.2. The number of amides is 1. The molecular weight excluding hydrogens is 254 g/mol. The van der Waals surface area contributed by atoms with Crippen LogP contribution in [0.5, 0.6) is 0 Å². The minimum atomic E-state index is -0.977. The van der Waals surface area contributed by atoms with Gasteiger partial charge in [0, 0.05) is 11.6 Å². The van der Waals surface area contributed by atoms with Gasteiger partial charge < -0.3 is 10.4 Å². The summed E-state index contributed by atoms with van der Waals surface area (Å²) in [4.78, 5) is 23.0. The first-order valence-electron chi connectivity index (χ1n) is 7.22. The molecule has 0 radical (unpaired) electrons. The zero-order valence-corrected chi connectivity index (χ0v) is 11.8. The first-order chi connectivity index (χ1) is 9.58. The van der Waals surface area contributed by atoms with Gasteiger partial charge >= 0.3 is 5.97 Å². The summed E-state index contributed by atoms with van der Waals surface area (Å²) in [7, 11) is 0. The monoisotopic (exact) mass is 275 g/mol. The SMILES string of the molecule is CC1CCCCCC1NC(=O)c1ccc(C(=O)O)cc1. The van der Waals surface area contributed by atoms with Gasteiger partial charge in [0.15, 0.2) is 0 Å². The Bertz CT molecular complexity index is 481. The van der Waals surface area contributed by atoms with E-state index in [1.165, 1.54) is 25.0 Å². The smallest absolute Gasteiger partial charge is 0.335 e. The molecule has 2 rings (SSSR count). The highest BCUT2D eigenvalue weighted by atomic mass is 16.4. The van der Waals surface area contributed by atoms with Crippen LogP contribution in [-0.2, 0) is 0 Å². The molecule has 0 saturated heterocycles. The Morgan fingerprint density at radius 1 is 1.05 bits per heavy atom. The zero-order valence-electron chi connectivity index (χ0n) is 11.8. The van der Waals surface area contributed by atoms with Crippen molar-refractivity contribution in [2.24, 2.45) is 5.92 Å². The van der Waals surface area contributed by atoms with Crippen molar-refractivity contribution >= 4 is 11.9 Å². The number of hydrogen-bond donors (Lipinski definition) is 2. The molecule has 0 bridgehead atoms. The average molecular weight is 275 g/mol. The predicted molar refractivity (Wildman–Crippen MR) is 76.9 cm³/mol. The Hall–Kier alpha value is -1.84. The quantitative estimate of drug-likeness (QED) is 0.833. The van der Waals surface area contributed by atoms with Crippen molar-refractivity contribution in [2.45, 2.75) is 45.1 Å². The fourth-order valence-electron chi connectivity index (χ4n) is 2.72. The lowest BCUT2D eigenvalue weighted by atomic mass is 9.96. The first kappa shape index (κ1) is 14.6. The highest BCUT2D eigenvalue weighted by Crippen LogP contribution is 2.23. The van der Waals surface area contributed by atoms with Crippen molar-refractivity contribution in [2.75, 3.05) is 0 Å². The van der Waals surface area contributed by atoms with E-state index in [1.807, 2.05) is 0 Å². The van der Waals surface area contributed by atoms with E-state index in [9.17, 15) is 9.59 Å². The molecule has 2 unspecified atom stereocenters. The van der Waals surface area contributed by atoms with Crippen LogP contribution in [0.2, 0.25) is 0 Å². The van der Waals surface area contributed by atoms with Crippen LogP contribution >= 0.6 is 0 Å². The van der Waals surface area contributed by atoms with E-state index in [0.717, 1.165) is 19.3 Å². The summed E-state index contributed by atoms with van der Waals surface area (Å²) >= 11 is 0. The first-order valence-corrected chi connectivity index (χ1v) is 7.22. The Balaban J connectivity index is 2.01. The normalized spacial score (nSPS) is 22.9. The number of carboxylic acid groups (broad SMARTS) is 1. The zero-order chi connectivity index (χ0) is 14.5. The summed E-state index contributed by atoms with van der Waals surface area (Å²) in [5.41, 5.74) is 0.718. The van der Waals surface area contributed by atoms with Gasteiger partial charge in [0.05, 0.1) is 5.56 Å². The molecule has 4 nitrogen and oxygen atoms in total. The number of hydrogen-bond acceptors (Lipinski definition) is 2. The Morgan fingerprint density at radius 2 is 1.65 bits per heavy atom. The number of carbonyl (C=O) groups is 2. The van der Waals surface area contributed by atoms with Crippen LogP contribution in [0.15, 0.2) is 24.3 Å². The second kappa shape index (κ2) is 6.55. The van der Waals surface area contributed by atoms with E-state index in [2.05, 4.69) is 12.2 Å². The summed E-state index contributed by atoms with van der Waals surface area (Å²) in [6.45, 7) is 2.18. The van der Waals surface area contributed by atoms with Crippen LogP contribution in [0.25, 0.3) is 0 Å². The number of benzene rings is 1. The summed E-state index contributed by atoms with van der Waals surface area (Å²) in [5.74, 6) is -0.588. The van der Waals surface area contributed by atoms with Gasteiger partial charge in [0.1, 0.15) is 0 Å². The number of nitrogens with one attached hydrogen (secondary N) is 1. The van der Waals surface area contributed by atoms with Crippen molar-refractivity contribution < 1.29 is 14.7 Å². The van der Waals surface area contributed by atoms with Crippen molar-refractivity contribution in [1.82, 2.24) is 5.32 Å². The highest BCUT2D eigenvalue weighted by molar-refractivity contribution is 5.96. The van der Waals surface area contributed by atoms with Crippen molar-refractivity contribution in [3.63, 3.8) is 0 Å². The Labute approximate surface area is 119 Å². The van der Waals surface area contributed by atoms with Gasteiger partial charge in [0.2, 0.25) is 0 Å². The second-order valence-electron chi connectivity index (χ2n) is 5.58. The van der Waals surface area contributed by atoms with Gasteiger partial charge in [-0.05, 0) is 43.0 Å². The maximum atomic E-state index is 12.2. The third-order valence-corrected chi connectivity index (χ3v) is 4.07. The minimum absolute atomic E-state index is 0.110. The van der Waals surface area contributed by atoms with Crippen LogP contribution in [0.3, 0.4) is 0 Å². The van der Waals surface area contributed by atoms with Crippen molar-refractivity contribution in [3.05, 3.63) is 35.4 Å². The van der Waals surface area contributed by atoms with E-state index in [0.29, 0.717) is 11.5 Å². The minimum Gasteiger partial charge on any atom is -0.478 e. The van der Waals surface area contributed by atoms with Gasteiger partial charge in [0.25, 0.3) is 5.91 Å². The molecule has 2 N–H and O–H groups in total. The molecule has 1 aliphatic rings. The number of rotatable bonds is 3. The molecule has 1 fully saturated rings. The molecule has 1 aliphatic carbocycles. The van der Waals surface area contributed by atoms with Crippen molar-refractivity contribution in [1.29, 1.82) is 0 Å². The fraction of sp³-hybridized carbons (Fsp3) is 0.500. The molecule has 0 aliphatic heterocycles. The Kier molecular flexibility index (Phi) is 4.77. The van der Waals surface area contributed by atoms with Gasteiger partial charge in [-0.25, -0.2) is 4.79 Å². The fourth-order valence-corrected chi connectivity index (χ4v) is 2.72. The van der Waals surface area contributed by atoms with E-state index in [1.54, 1.807) is 12.1 Å². The molecule has 4 heteroatoms. The summed E-state index contributed by atoms with van der Waals surface area (Å²) < 4.78 is 0. The Morgan fingerprint density at radius 3 is 2.30 bits per heavy atom. The molecule has 0 aromatic heterocycles. The van der Waals surface area contributed by atoms with Gasteiger partial charge in [-0.1, -0.05) is 26.2 Å². The summed E-state index contributed by atoms with van der Waals surface area (Å²) in [6.07, 6.45) is 5.82. The lowest BCUT2D eigenvalue weighted by molar-refractivity contribution is 0.0696. The third kappa shape index (κ3) is 3.59. The average Bonchev–Trinajstić information content (AvgIpc) is 2.64. The van der Waals surface area contributed by atoms with Gasteiger partial charge in [-0.2, -0.15) is 0 Å². The molecule has 0 spiro atoms. The van der Waals surface area contributed by atoms with Gasteiger partial charge in [-0.3, -0.25) is 4.79 Å². The number of aromatic carboxylic acids is 1. The topological polar surface area (TPSA) is 66.4 Å². The summed E-state index contributed by atoms with van der Waals surface area (Å²) in [6, 6.07) is 6.30. The maximum Gasteiger partial charge on any atom is 0.335 e. The van der Waals surface area contributed by atoms with E-state index >= 15 is 0 Å². The molecule has 1 aromatic rings. The highest BCUT2D eigenvalue weighted by Gasteiger charge is 2.22. The van der Waals surface area contributed by atoms with Gasteiger partial charge in [-0.15, -0.1) is 0 Å². The van der Waals surface area contributed by atoms with Crippen LogP contribution in [0, 0.1) is 5.92 Å². The predicted octanol–water partition coefficient (Wildman–Crippen LogP) is 3.08. The van der Waals surface area contributed by atoms with Crippen LogP contribution in [0.4, 0.5) is 0 Å². The molecule has 0 heterocycles. The van der Waals surface area contributed by atoms with E-state index < -0.39 is 5.97 Å². The number of carbonyl (C=O) groups excluding carboxylic acids is 1. The molecule has 1 aromatic carbocycles. The van der Waals surface area contributed by atoms with Crippen LogP contribution in [-0.4, -0.2) is 23.0 Å². The largest absolute Gasteiger partial charge is 0.478 e. The molecule has 2 atom stereocenters. The second-order valence-corrected chi connectivity index (χ2v) is 5.58. The molecule has 108 valence electrons. The lowest BCUT2D eigenvalue weighted by Crippen LogP contribution is -2.38. The van der Waals surface area contributed by atoms with E-state index in [-0.39, 0.29) is 17.5 Å². The summed E-state index contributed by atoms with van der Waals surface area (Å²) in [5, 5.41) is 11.9. The molecule has 1 saturated carbocycles. The third-order valence-electron chi connectivity index (χ3n) is 4.07. The molecule has 20 heavy (non-hydrogen) atoms. The molecular formula is C16H21NO3. The number of carboxylic acids is 1. The standard InChI is InChI=1S/C16H21NO3/c1-11-5-3-2-4-6-14(11)17-15(18)12-7-9-13(10-8-12)16(19)20/h7-11,14H,2-6H2,1H3,(H,17,18)(H,19,20). The lowest BCUT2D eigenvalue weighted by Gasteiger charge is -2.22. The molecule has 1 amide bonds. The van der Waals surface area contributed by atoms with Crippen LogP contribution < -0.4 is 5.32 Å².